The molecule has 1 aromatic carbocycles. The molecule has 21 heavy (non-hydrogen) atoms. The minimum absolute atomic E-state index is 0.102. The Morgan fingerprint density at radius 3 is 2.14 bits per heavy atom. The third-order valence-electron chi connectivity index (χ3n) is 3.61. The summed E-state index contributed by atoms with van der Waals surface area (Å²) in [6.07, 6.45) is 1.07. The molecule has 0 aliphatic heterocycles. The van der Waals surface area contributed by atoms with Crippen LogP contribution in [0.3, 0.4) is 0 Å². The van der Waals surface area contributed by atoms with E-state index in [1.807, 2.05) is 32.0 Å². The Labute approximate surface area is 132 Å². The molecule has 1 aromatic rings. The van der Waals surface area contributed by atoms with Crippen molar-refractivity contribution < 1.29 is 13.2 Å². The summed E-state index contributed by atoms with van der Waals surface area (Å²) in [6, 6.07) is 7.04. The quantitative estimate of drug-likeness (QED) is 0.833. The highest BCUT2D eigenvalue weighted by atomic mass is 35.5. The van der Waals surface area contributed by atoms with Crippen molar-refractivity contribution in [1.82, 2.24) is 4.90 Å². The van der Waals surface area contributed by atoms with Crippen LogP contribution in [0.25, 0.3) is 0 Å². The first-order valence-electron chi connectivity index (χ1n) is 6.77. The van der Waals surface area contributed by atoms with E-state index in [1.54, 1.807) is 13.1 Å². The Kier molecular flexibility index (Phi) is 5.82. The first-order chi connectivity index (χ1) is 9.57. The molecule has 0 saturated heterocycles. The summed E-state index contributed by atoms with van der Waals surface area (Å²) in [5, 5.41) is -0.492. The second-order valence-electron chi connectivity index (χ2n) is 5.63. The summed E-state index contributed by atoms with van der Waals surface area (Å²) in [7, 11) is -1.80. The molecule has 0 saturated carbocycles. The highest BCUT2D eigenvalue weighted by Gasteiger charge is 2.32. The van der Waals surface area contributed by atoms with E-state index in [1.165, 1.54) is 11.8 Å². The van der Waals surface area contributed by atoms with Gasteiger partial charge in [0.2, 0.25) is 5.91 Å². The Balaban J connectivity index is 3.19. The van der Waals surface area contributed by atoms with Crippen LogP contribution in [0.2, 0.25) is 5.02 Å². The number of hydrogen-bond donors (Lipinski definition) is 0. The summed E-state index contributed by atoms with van der Waals surface area (Å²) in [6.45, 7) is 5.37. The topological polar surface area (TPSA) is 54.5 Å². The van der Waals surface area contributed by atoms with Crippen molar-refractivity contribution in [2.24, 2.45) is 5.92 Å². The zero-order valence-electron chi connectivity index (χ0n) is 13.0. The van der Waals surface area contributed by atoms with Crippen LogP contribution in [0.5, 0.6) is 0 Å². The third-order valence-corrected chi connectivity index (χ3v) is 5.44. The van der Waals surface area contributed by atoms with E-state index < -0.39 is 21.0 Å². The van der Waals surface area contributed by atoms with Gasteiger partial charge in [-0.2, -0.15) is 0 Å². The molecule has 0 aromatic heterocycles. The lowest BCUT2D eigenvalue weighted by Crippen LogP contribution is -2.42. The van der Waals surface area contributed by atoms with Gasteiger partial charge >= 0.3 is 0 Å². The van der Waals surface area contributed by atoms with Gasteiger partial charge in [-0.1, -0.05) is 43.6 Å². The maximum atomic E-state index is 12.4. The molecule has 0 bridgehead atoms. The van der Waals surface area contributed by atoms with Crippen LogP contribution in [-0.4, -0.2) is 37.8 Å². The fourth-order valence-electron chi connectivity index (χ4n) is 2.34. The van der Waals surface area contributed by atoms with E-state index in [-0.39, 0.29) is 12.0 Å². The van der Waals surface area contributed by atoms with Crippen LogP contribution in [0, 0.1) is 5.92 Å². The van der Waals surface area contributed by atoms with Crippen molar-refractivity contribution >= 4 is 27.3 Å². The van der Waals surface area contributed by atoms with E-state index in [4.69, 9.17) is 11.6 Å². The molecule has 0 heterocycles. The van der Waals surface area contributed by atoms with Crippen molar-refractivity contribution in [3.05, 3.63) is 34.9 Å². The van der Waals surface area contributed by atoms with Crippen molar-refractivity contribution in [3.8, 4) is 0 Å². The van der Waals surface area contributed by atoms with Crippen LogP contribution in [0.4, 0.5) is 0 Å². The predicted molar refractivity (Wildman–Crippen MR) is 86.1 cm³/mol. The molecular formula is C15H22ClNO3S. The molecule has 0 aliphatic carbocycles. The Hall–Kier alpha value is -1.07. The standard InChI is InChI=1S/C15H22ClNO3S/c1-10(2)14(12-8-6-7-9-13(12)16)17(4)15(18)11(3)21(5,19)20/h6-11,14H,1-5H3/t11-,14+/m1/s1. The molecule has 6 heteroatoms. The lowest BCUT2D eigenvalue weighted by molar-refractivity contribution is -0.132. The number of hydrogen-bond acceptors (Lipinski definition) is 3. The highest BCUT2D eigenvalue weighted by molar-refractivity contribution is 7.92. The number of sulfone groups is 1. The summed E-state index contributed by atoms with van der Waals surface area (Å²) < 4.78 is 23.2. The molecule has 0 radical (unpaired) electrons. The number of halogens is 1. The first-order valence-corrected chi connectivity index (χ1v) is 9.10. The molecular weight excluding hydrogens is 310 g/mol. The first kappa shape index (κ1) is 18.0. The number of carbonyl (C=O) groups excluding carboxylic acids is 1. The minimum Gasteiger partial charge on any atom is -0.337 e. The number of amides is 1. The third kappa shape index (κ3) is 4.20. The summed E-state index contributed by atoms with van der Waals surface area (Å²) in [5.74, 6) is -0.318. The van der Waals surface area contributed by atoms with E-state index in [9.17, 15) is 13.2 Å². The zero-order chi connectivity index (χ0) is 16.4. The van der Waals surface area contributed by atoms with Crippen LogP contribution < -0.4 is 0 Å². The lowest BCUT2D eigenvalue weighted by Gasteiger charge is -2.33. The molecule has 118 valence electrons. The van der Waals surface area contributed by atoms with Crippen LogP contribution >= 0.6 is 11.6 Å². The fourth-order valence-corrected chi connectivity index (χ4v) is 3.12. The summed E-state index contributed by atoms with van der Waals surface area (Å²) >= 11 is 6.23. The van der Waals surface area contributed by atoms with Crippen molar-refractivity contribution in [3.63, 3.8) is 0 Å². The van der Waals surface area contributed by atoms with Gasteiger partial charge < -0.3 is 4.90 Å². The molecule has 0 fully saturated rings. The van der Waals surface area contributed by atoms with Gasteiger partial charge in [0.05, 0.1) is 6.04 Å². The largest absolute Gasteiger partial charge is 0.337 e. The van der Waals surface area contributed by atoms with E-state index in [0.29, 0.717) is 5.02 Å². The van der Waals surface area contributed by atoms with E-state index in [2.05, 4.69) is 0 Å². The maximum Gasteiger partial charge on any atom is 0.240 e. The van der Waals surface area contributed by atoms with Gasteiger partial charge in [0, 0.05) is 18.3 Å². The minimum atomic E-state index is -3.42. The normalized spacial score (nSPS) is 14.8. The summed E-state index contributed by atoms with van der Waals surface area (Å²) in [4.78, 5) is 13.9. The molecule has 0 N–H and O–H groups in total. The van der Waals surface area contributed by atoms with Crippen molar-refractivity contribution in [1.29, 1.82) is 0 Å². The predicted octanol–water partition coefficient (Wildman–Crippen LogP) is 2.93. The number of benzene rings is 1. The van der Waals surface area contributed by atoms with Gasteiger partial charge in [0.25, 0.3) is 0 Å². The van der Waals surface area contributed by atoms with Gasteiger partial charge in [0.1, 0.15) is 5.25 Å². The average molecular weight is 332 g/mol. The molecule has 4 nitrogen and oxygen atoms in total. The van der Waals surface area contributed by atoms with Crippen LogP contribution in [0.15, 0.2) is 24.3 Å². The van der Waals surface area contributed by atoms with Gasteiger partial charge in [-0.25, -0.2) is 8.42 Å². The molecule has 0 aliphatic rings. The maximum absolute atomic E-state index is 12.4. The van der Waals surface area contributed by atoms with E-state index >= 15 is 0 Å². The number of nitrogens with zero attached hydrogens (tertiary/aromatic N) is 1. The summed E-state index contributed by atoms with van der Waals surface area (Å²) in [5.41, 5.74) is 0.825. The SMILES string of the molecule is CC(C)[C@@H](c1ccccc1Cl)N(C)C(=O)[C@@H](C)S(C)(=O)=O. The Morgan fingerprint density at radius 2 is 1.71 bits per heavy atom. The van der Waals surface area contributed by atoms with Crippen LogP contribution in [-0.2, 0) is 14.6 Å². The van der Waals surface area contributed by atoms with Crippen molar-refractivity contribution in [2.45, 2.75) is 32.1 Å². The average Bonchev–Trinajstić information content (AvgIpc) is 2.38. The Bertz CT molecular complexity index is 613. The molecule has 0 spiro atoms. The second-order valence-corrected chi connectivity index (χ2v) is 8.40. The zero-order valence-corrected chi connectivity index (χ0v) is 14.6. The van der Waals surface area contributed by atoms with Gasteiger partial charge in [-0.15, -0.1) is 0 Å². The fraction of sp³-hybridized carbons (Fsp3) is 0.533. The highest BCUT2D eigenvalue weighted by Crippen LogP contribution is 2.33. The Morgan fingerprint density at radius 1 is 1.19 bits per heavy atom. The van der Waals surface area contributed by atoms with Crippen molar-refractivity contribution in [2.75, 3.05) is 13.3 Å². The second kappa shape index (κ2) is 6.79. The number of carbonyl (C=O) groups is 1. The molecule has 1 rings (SSSR count). The van der Waals surface area contributed by atoms with Gasteiger partial charge in [-0.3, -0.25) is 4.79 Å². The van der Waals surface area contributed by atoms with E-state index in [0.717, 1.165) is 11.8 Å². The lowest BCUT2D eigenvalue weighted by atomic mass is 9.94. The smallest absolute Gasteiger partial charge is 0.240 e. The van der Waals surface area contributed by atoms with Gasteiger partial charge in [-0.05, 0) is 24.5 Å². The molecule has 1 amide bonds. The molecule has 0 unspecified atom stereocenters. The molecule has 2 atom stereocenters. The van der Waals surface area contributed by atoms with Gasteiger partial charge in [0.15, 0.2) is 9.84 Å². The van der Waals surface area contributed by atoms with Crippen LogP contribution in [0.1, 0.15) is 32.4 Å². The number of rotatable bonds is 5. The monoisotopic (exact) mass is 331 g/mol.